The fraction of sp³-hybridized carbons (Fsp3) is 0.647. The Hall–Kier alpha value is -1.42. The van der Waals surface area contributed by atoms with Crippen LogP contribution < -0.4 is 0 Å². The molecule has 1 atom stereocenters. The number of aryl methyl sites for hydroxylation is 2. The predicted molar refractivity (Wildman–Crippen MR) is 85.1 cm³/mol. The van der Waals surface area contributed by atoms with Gasteiger partial charge in [0.1, 0.15) is 0 Å². The molecule has 4 heteroatoms. The van der Waals surface area contributed by atoms with Gasteiger partial charge in [0.05, 0.1) is 12.2 Å². The van der Waals surface area contributed by atoms with E-state index >= 15 is 0 Å². The van der Waals surface area contributed by atoms with Gasteiger partial charge in [-0.25, -0.2) is 0 Å². The second-order valence-electron chi connectivity index (χ2n) is 6.36. The van der Waals surface area contributed by atoms with Crippen molar-refractivity contribution in [1.82, 2.24) is 14.8 Å². The van der Waals surface area contributed by atoms with Crippen molar-refractivity contribution in [1.29, 1.82) is 0 Å². The van der Waals surface area contributed by atoms with Gasteiger partial charge < -0.3 is 9.80 Å². The van der Waals surface area contributed by atoms with Crippen LogP contribution in [-0.4, -0.2) is 47.4 Å². The normalized spacial score (nSPS) is 19.5. The number of carbonyl (C=O) groups is 1. The van der Waals surface area contributed by atoms with Crippen molar-refractivity contribution >= 4 is 5.91 Å². The van der Waals surface area contributed by atoms with E-state index in [0.29, 0.717) is 19.0 Å². The Morgan fingerprint density at radius 2 is 2.14 bits per heavy atom. The standard InChI is InChI=1S/C17H27N3O/c1-13-9-14(2)18-15(10-13)12-20(4)17(21)11-16-7-5-6-8-19(16)3/h9-10,16H,5-8,11-12H2,1-4H3/t16-/m1/s1. The number of pyridine rings is 1. The van der Waals surface area contributed by atoms with Gasteiger partial charge in [0.2, 0.25) is 5.91 Å². The van der Waals surface area contributed by atoms with Gasteiger partial charge in [0.15, 0.2) is 0 Å². The summed E-state index contributed by atoms with van der Waals surface area (Å²) in [6, 6.07) is 4.52. The smallest absolute Gasteiger partial charge is 0.224 e. The third-order valence-electron chi connectivity index (χ3n) is 4.31. The molecule has 2 heterocycles. The van der Waals surface area contributed by atoms with Crippen LogP contribution in [0.2, 0.25) is 0 Å². The maximum atomic E-state index is 12.4. The number of rotatable bonds is 4. The quantitative estimate of drug-likeness (QED) is 0.854. The van der Waals surface area contributed by atoms with Crippen molar-refractivity contribution in [3.8, 4) is 0 Å². The molecule has 0 N–H and O–H groups in total. The van der Waals surface area contributed by atoms with Crippen LogP contribution in [0.25, 0.3) is 0 Å². The molecule has 1 aromatic rings. The number of likely N-dealkylation sites (tertiary alicyclic amines) is 1. The summed E-state index contributed by atoms with van der Waals surface area (Å²) < 4.78 is 0. The lowest BCUT2D eigenvalue weighted by atomic mass is 9.99. The third kappa shape index (κ3) is 4.53. The Kier molecular flexibility index (Phi) is 5.34. The van der Waals surface area contributed by atoms with Crippen LogP contribution >= 0.6 is 0 Å². The number of piperidine rings is 1. The number of hydrogen-bond donors (Lipinski definition) is 0. The van der Waals surface area contributed by atoms with Gasteiger partial charge in [-0.05, 0) is 58.0 Å². The minimum absolute atomic E-state index is 0.217. The predicted octanol–water partition coefficient (Wildman–Crippen LogP) is 2.53. The first-order valence-corrected chi connectivity index (χ1v) is 7.84. The van der Waals surface area contributed by atoms with Gasteiger partial charge in [0, 0.05) is 25.2 Å². The van der Waals surface area contributed by atoms with Crippen molar-refractivity contribution in [3.05, 3.63) is 29.1 Å². The Balaban J connectivity index is 1.92. The molecule has 1 fully saturated rings. The monoisotopic (exact) mass is 289 g/mol. The zero-order valence-electron chi connectivity index (χ0n) is 13.7. The van der Waals surface area contributed by atoms with E-state index in [-0.39, 0.29) is 5.91 Å². The van der Waals surface area contributed by atoms with E-state index in [1.54, 1.807) is 0 Å². The van der Waals surface area contributed by atoms with E-state index in [1.165, 1.54) is 18.4 Å². The lowest BCUT2D eigenvalue weighted by Crippen LogP contribution is -2.40. The number of hydrogen-bond acceptors (Lipinski definition) is 3. The summed E-state index contributed by atoms with van der Waals surface area (Å²) in [5.74, 6) is 0.217. The van der Waals surface area contributed by atoms with E-state index < -0.39 is 0 Å². The Morgan fingerprint density at radius 3 is 2.81 bits per heavy atom. The van der Waals surface area contributed by atoms with Gasteiger partial charge in [-0.15, -0.1) is 0 Å². The van der Waals surface area contributed by atoms with Gasteiger partial charge >= 0.3 is 0 Å². The molecule has 0 saturated carbocycles. The van der Waals surface area contributed by atoms with Crippen LogP contribution in [0, 0.1) is 13.8 Å². The lowest BCUT2D eigenvalue weighted by Gasteiger charge is -2.33. The molecule has 0 aliphatic carbocycles. The lowest BCUT2D eigenvalue weighted by molar-refractivity contribution is -0.132. The third-order valence-corrected chi connectivity index (χ3v) is 4.31. The molecule has 21 heavy (non-hydrogen) atoms. The van der Waals surface area contributed by atoms with Crippen LogP contribution in [0.5, 0.6) is 0 Å². The largest absolute Gasteiger partial charge is 0.340 e. The summed E-state index contributed by atoms with van der Waals surface area (Å²) in [6.07, 6.45) is 4.25. The maximum absolute atomic E-state index is 12.4. The summed E-state index contributed by atoms with van der Waals surface area (Å²) >= 11 is 0. The average molecular weight is 289 g/mol. The van der Waals surface area contributed by atoms with E-state index in [9.17, 15) is 4.79 Å². The molecule has 2 rings (SSSR count). The summed E-state index contributed by atoms with van der Waals surface area (Å²) in [5, 5.41) is 0. The molecule has 0 bridgehead atoms. The van der Waals surface area contributed by atoms with Crippen LogP contribution in [0.4, 0.5) is 0 Å². The molecular weight excluding hydrogens is 262 g/mol. The zero-order valence-corrected chi connectivity index (χ0v) is 13.7. The first-order chi connectivity index (χ1) is 9.95. The fourth-order valence-corrected chi connectivity index (χ4v) is 3.10. The molecule has 1 saturated heterocycles. The molecule has 116 valence electrons. The van der Waals surface area contributed by atoms with Crippen LogP contribution in [0.3, 0.4) is 0 Å². The molecule has 0 spiro atoms. The van der Waals surface area contributed by atoms with Gasteiger partial charge in [-0.2, -0.15) is 0 Å². The fourth-order valence-electron chi connectivity index (χ4n) is 3.10. The van der Waals surface area contributed by atoms with Crippen molar-refractivity contribution < 1.29 is 4.79 Å². The average Bonchev–Trinajstić information content (AvgIpc) is 2.40. The Bertz CT molecular complexity index is 481. The van der Waals surface area contributed by atoms with Crippen LogP contribution in [0.1, 0.15) is 42.6 Å². The van der Waals surface area contributed by atoms with Crippen LogP contribution in [-0.2, 0) is 11.3 Å². The zero-order chi connectivity index (χ0) is 15.4. The van der Waals surface area contributed by atoms with Crippen molar-refractivity contribution in [2.24, 2.45) is 0 Å². The highest BCUT2D eigenvalue weighted by molar-refractivity contribution is 5.76. The second-order valence-corrected chi connectivity index (χ2v) is 6.36. The Labute approximate surface area is 128 Å². The van der Waals surface area contributed by atoms with Gasteiger partial charge in [0.25, 0.3) is 0 Å². The number of amides is 1. The van der Waals surface area contributed by atoms with E-state index in [0.717, 1.165) is 24.4 Å². The van der Waals surface area contributed by atoms with E-state index in [4.69, 9.17) is 0 Å². The molecular formula is C17H27N3O. The topological polar surface area (TPSA) is 36.4 Å². The summed E-state index contributed by atoms with van der Waals surface area (Å²) in [6.45, 7) is 5.77. The molecule has 1 aliphatic rings. The molecule has 0 unspecified atom stereocenters. The Morgan fingerprint density at radius 1 is 1.38 bits per heavy atom. The number of nitrogens with zero attached hydrogens (tertiary/aromatic N) is 3. The molecule has 1 aromatic heterocycles. The molecule has 1 aliphatic heterocycles. The number of carbonyl (C=O) groups excluding carboxylic acids is 1. The summed E-state index contributed by atoms with van der Waals surface area (Å²) in [7, 11) is 4.01. The second kappa shape index (κ2) is 7.03. The summed E-state index contributed by atoms with van der Waals surface area (Å²) in [5.41, 5.74) is 3.18. The minimum atomic E-state index is 0.217. The van der Waals surface area contributed by atoms with Gasteiger partial charge in [-0.3, -0.25) is 9.78 Å². The highest BCUT2D eigenvalue weighted by atomic mass is 16.2. The first kappa shape index (κ1) is 16.0. The highest BCUT2D eigenvalue weighted by Crippen LogP contribution is 2.18. The van der Waals surface area contributed by atoms with E-state index in [1.807, 2.05) is 18.9 Å². The molecule has 0 radical (unpaired) electrons. The number of aromatic nitrogens is 1. The van der Waals surface area contributed by atoms with Crippen molar-refractivity contribution in [3.63, 3.8) is 0 Å². The van der Waals surface area contributed by atoms with Crippen molar-refractivity contribution in [2.45, 2.75) is 52.1 Å². The van der Waals surface area contributed by atoms with Gasteiger partial charge in [-0.1, -0.05) is 6.42 Å². The molecule has 0 aromatic carbocycles. The SMILES string of the molecule is Cc1cc(C)nc(CN(C)C(=O)C[C@H]2CCCCN2C)c1. The molecule has 4 nitrogen and oxygen atoms in total. The maximum Gasteiger partial charge on any atom is 0.224 e. The van der Waals surface area contributed by atoms with Crippen molar-refractivity contribution in [2.75, 3.05) is 20.6 Å². The first-order valence-electron chi connectivity index (χ1n) is 7.84. The highest BCUT2D eigenvalue weighted by Gasteiger charge is 2.23. The summed E-state index contributed by atoms with van der Waals surface area (Å²) in [4.78, 5) is 21.0. The molecule has 1 amide bonds. The minimum Gasteiger partial charge on any atom is -0.340 e. The van der Waals surface area contributed by atoms with Crippen LogP contribution in [0.15, 0.2) is 12.1 Å². The van der Waals surface area contributed by atoms with E-state index in [2.05, 4.69) is 36.0 Å².